The maximum atomic E-state index is 12.5. The van der Waals surface area contributed by atoms with Crippen molar-refractivity contribution in [2.45, 2.75) is 39.2 Å². The van der Waals surface area contributed by atoms with Gasteiger partial charge in [-0.25, -0.2) is 13.2 Å². The zero-order valence-corrected chi connectivity index (χ0v) is 15.8. The van der Waals surface area contributed by atoms with Gasteiger partial charge in [0.1, 0.15) is 5.69 Å². The van der Waals surface area contributed by atoms with E-state index in [0.717, 1.165) is 18.5 Å². The van der Waals surface area contributed by atoms with Crippen LogP contribution in [0.5, 0.6) is 0 Å². The van der Waals surface area contributed by atoms with Crippen LogP contribution >= 0.6 is 0 Å². The first-order valence-electron chi connectivity index (χ1n) is 8.54. The lowest BCUT2D eigenvalue weighted by Gasteiger charge is -2.28. The highest BCUT2D eigenvalue weighted by Gasteiger charge is 2.34. The van der Waals surface area contributed by atoms with E-state index < -0.39 is 15.8 Å². The van der Waals surface area contributed by atoms with Gasteiger partial charge in [0.05, 0.1) is 11.5 Å². The third kappa shape index (κ3) is 4.84. The molecule has 7 nitrogen and oxygen atoms in total. The fourth-order valence-corrected chi connectivity index (χ4v) is 4.69. The Balaban J connectivity index is 1.99. The van der Waals surface area contributed by atoms with Gasteiger partial charge in [-0.1, -0.05) is 13.3 Å². The SMILES string of the molecule is CCCCN(C(=O)COC(=O)c1ccc(C)n1C)C1CCS(=O)(=O)C1. The van der Waals surface area contributed by atoms with Gasteiger partial charge in [-0.3, -0.25) is 4.79 Å². The Bertz CT molecular complexity index is 738. The van der Waals surface area contributed by atoms with Crippen molar-refractivity contribution in [2.75, 3.05) is 24.7 Å². The van der Waals surface area contributed by atoms with Crippen molar-refractivity contribution in [1.82, 2.24) is 9.47 Å². The number of unbranched alkanes of at least 4 members (excludes halogenated alkanes) is 1. The second-order valence-electron chi connectivity index (χ2n) is 6.49. The lowest BCUT2D eigenvalue weighted by molar-refractivity contribution is -0.136. The Morgan fingerprint density at radius 1 is 1.36 bits per heavy atom. The number of ether oxygens (including phenoxy) is 1. The number of nitrogens with zero attached hydrogens (tertiary/aromatic N) is 2. The van der Waals surface area contributed by atoms with Crippen LogP contribution in [0.25, 0.3) is 0 Å². The summed E-state index contributed by atoms with van der Waals surface area (Å²) in [6.45, 7) is 3.99. The van der Waals surface area contributed by atoms with Crippen LogP contribution in [-0.2, 0) is 26.4 Å². The number of carbonyl (C=O) groups excluding carboxylic acids is 2. The molecule has 1 aromatic rings. The van der Waals surface area contributed by atoms with Gasteiger partial charge in [0, 0.05) is 25.3 Å². The topological polar surface area (TPSA) is 85.7 Å². The average Bonchev–Trinajstić information content (AvgIpc) is 3.08. The van der Waals surface area contributed by atoms with Crippen LogP contribution in [0.1, 0.15) is 42.4 Å². The van der Waals surface area contributed by atoms with E-state index in [0.29, 0.717) is 18.7 Å². The molecule has 1 aliphatic rings. The smallest absolute Gasteiger partial charge is 0.355 e. The van der Waals surface area contributed by atoms with Crippen LogP contribution in [0.2, 0.25) is 0 Å². The maximum Gasteiger partial charge on any atom is 0.355 e. The molecule has 2 heterocycles. The van der Waals surface area contributed by atoms with Crippen LogP contribution < -0.4 is 0 Å². The number of hydrogen-bond donors (Lipinski definition) is 0. The molecular weight excluding hydrogens is 344 g/mol. The molecule has 1 atom stereocenters. The van der Waals surface area contributed by atoms with E-state index in [-0.39, 0.29) is 30.1 Å². The predicted molar refractivity (Wildman–Crippen MR) is 94.1 cm³/mol. The fraction of sp³-hybridized carbons (Fsp3) is 0.647. The zero-order valence-electron chi connectivity index (χ0n) is 15.0. The van der Waals surface area contributed by atoms with Gasteiger partial charge >= 0.3 is 5.97 Å². The first-order chi connectivity index (χ1) is 11.7. The molecule has 0 bridgehead atoms. The molecule has 1 aromatic heterocycles. The minimum Gasteiger partial charge on any atom is -0.451 e. The van der Waals surface area contributed by atoms with Crippen LogP contribution in [0.3, 0.4) is 0 Å². The first kappa shape index (κ1) is 19.5. The molecule has 0 radical (unpaired) electrons. The summed E-state index contributed by atoms with van der Waals surface area (Å²) < 4.78 is 30.3. The van der Waals surface area contributed by atoms with Crippen molar-refractivity contribution in [3.63, 3.8) is 0 Å². The standard InChI is InChI=1S/C17H26N2O5S/c1-4-5-9-19(14-8-10-25(22,23)12-14)16(20)11-24-17(21)15-7-6-13(2)18(15)3/h6-7,14H,4-5,8-12H2,1-3H3. The van der Waals surface area contributed by atoms with Crippen molar-refractivity contribution in [3.8, 4) is 0 Å². The minimum atomic E-state index is -3.08. The summed E-state index contributed by atoms with van der Waals surface area (Å²) in [5.41, 5.74) is 1.30. The third-order valence-electron chi connectivity index (χ3n) is 4.63. The predicted octanol–water partition coefficient (Wildman–Crippen LogP) is 1.31. The van der Waals surface area contributed by atoms with Crippen LogP contribution in [0, 0.1) is 6.92 Å². The fourth-order valence-electron chi connectivity index (χ4n) is 2.96. The highest BCUT2D eigenvalue weighted by Crippen LogP contribution is 2.19. The van der Waals surface area contributed by atoms with E-state index in [1.807, 2.05) is 13.8 Å². The molecule has 1 unspecified atom stereocenters. The van der Waals surface area contributed by atoms with Crippen molar-refractivity contribution in [3.05, 3.63) is 23.5 Å². The molecule has 2 rings (SSSR count). The van der Waals surface area contributed by atoms with Crippen molar-refractivity contribution < 1.29 is 22.7 Å². The van der Waals surface area contributed by atoms with E-state index >= 15 is 0 Å². The van der Waals surface area contributed by atoms with E-state index in [1.54, 1.807) is 28.6 Å². The molecule has 0 N–H and O–H groups in total. The normalized spacial score (nSPS) is 18.9. The lowest BCUT2D eigenvalue weighted by atomic mass is 10.2. The maximum absolute atomic E-state index is 12.5. The lowest BCUT2D eigenvalue weighted by Crippen LogP contribution is -2.44. The molecule has 8 heteroatoms. The Kier molecular flexibility index (Phi) is 6.26. The second kappa shape index (κ2) is 8.03. The van der Waals surface area contributed by atoms with Crippen LogP contribution in [-0.4, -0.2) is 60.5 Å². The summed E-state index contributed by atoms with van der Waals surface area (Å²) in [6, 6.07) is 3.13. The van der Waals surface area contributed by atoms with Crippen molar-refractivity contribution in [2.24, 2.45) is 7.05 Å². The summed E-state index contributed by atoms with van der Waals surface area (Å²) >= 11 is 0. The van der Waals surface area contributed by atoms with Gasteiger partial charge < -0.3 is 14.2 Å². The van der Waals surface area contributed by atoms with Gasteiger partial charge in [-0.05, 0) is 31.9 Å². The van der Waals surface area contributed by atoms with Crippen LogP contribution in [0.4, 0.5) is 0 Å². The number of aryl methyl sites for hydroxylation is 1. The molecule has 1 aliphatic heterocycles. The molecule has 0 aromatic carbocycles. The number of hydrogen-bond acceptors (Lipinski definition) is 5. The molecule has 1 saturated heterocycles. The Labute approximate surface area is 148 Å². The van der Waals surface area contributed by atoms with Crippen LogP contribution in [0.15, 0.2) is 12.1 Å². The Morgan fingerprint density at radius 2 is 2.08 bits per heavy atom. The third-order valence-corrected chi connectivity index (χ3v) is 6.38. The summed E-state index contributed by atoms with van der Waals surface area (Å²) in [4.78, 5) is 26.2. The number of esters is 1. The highest BCUT2D eigenvalue weighted by molar-refractivity contribution is 7.91. The van der Waals surface area contributed by atoms with Gasteiger partial charge in [0.15, 0.2) is 16.4 Å². The van der Waals surface area contributed by atoms with Gasteiger partial charge in [-0.15, -0.1) is 0 Å². The number of rotatable bonds is 7. The summed E-state index contributed by atoms with van der Waals surface area (Å²) in [7, 11) is -1.33. The first-order valence-corrected chi connectivity index (χ1v) is 10.4. The number of amides is 1. The van der Waals surface area contributed by atoms with Gasteiger partial charge in [-0.2, -0.15) is 0 Å². The molecular formula is C17H26N2O5S. The van der Waals surface area contributed by atoms with Crippen molar-refractivity contribution >= 4 is 21.7 Å². The molecule has 0 aliphatic carbocycles. The highest BCUT2D eigenvalue weighted by atomic mass is 32.2. The molecule has 1 fully saturated rings. The second-order valence-corrected chi connectivity index (χ2v) is 8.72. The summed E-state index contributed by atoms with van der Waals surface area (Å²) in [6.07, 6.45) is 2.13. The van der Waals surface area contributed by atoms with E-state index in [9.17, 15) is 18.0 Å². The average molecular weight is 370 g/mol. The molecule has 0 saturated carbocycles. The number of sulfone groups is 1. The van der Waals surface area contributed by atoms with Crippen molar-refractivity contribution in [1.29, 1.82) is 0 Å². The Morgan fingerprint density at radius 3 is 2.60 bits per heavy atom. The monoisotopic (exact) mass is 370 g/mol. The Hall–Kier alpha value is -1.83. The number of carbonyl (C=O) groups is 2. The largest absolute Gasteiger partial charge is 0.451 e. The van der Waals surface area contributed by atoms with E-state index in [1.165, 1.54) is 0 Å². The molecule has 25 heavy (non-hydrogen) atoms. The van der Waals surface area contributed by atoms with Gasteiger partial charge in [0.2, 0.25) is 0 Å². The van der Waals surface area contributed by atoms with E-state index in [4.69, 9.17) is 4.74 Å². The van der Waals surface area contributed by atoms with Gasteiger partial charge in [0.25, 0.3) is 5.91 Å². The summed E-state index contributed by atoms with van der Waals surface area (Å²) in [5.74, 6) is -0.795. The molecule has 1 amide bonds. The quantitative estimate of drug-likeness (QED) is 0.676. The molecule has 140 valence electrons. The minimum absolute atomic E-state index is 0.00654. The summed E-state index contributed by atoms with van der Waals surface area (Å²) in [5, 5.41) is 0. The van der Waals surface area contributed by atoms with E-state index in [2.05, 4.69) is 0 Å². The molecule has 0 spiro atoms. The zero-order chi connectivity index (χ0) is 18.6. The number of aromatic nitrogens is 1.